The van der Waals surface area contributed by atoms with Gasteiger partial charge in [-0.25, -0.2) is 0 Å². The molecular formula is C30H42O2S2. The van der Waals surface area contributed by atoms with Gasteiger partial charge in [0, 0.05) is 21.5 Å². The summed E-state index contributed by atoms with van der Waals surface area (Å²) in [6.45, 7) is 12.8. The van der Waals surface area contributed by atoms with Crippen LogP contribution in [0.1, 0.15) is 65.9 Å². The molecule has 0 fully saturated rings. The molecule has 0 N–H and O–H groups in total. The smallest absolute Gasteiger partial charge is 0.135 e. The average Bonchev–Trinajstić information content (AvgIpc) is 2.83. The Morgan fingerprint density at radius 1 is 0.647 bits per heavy atom. The molecular weight excluding hydrogens is 456 g/mol. The molecule has 0 aliphatic carbocycles. The number of fused-ring (bicyclic) bond motifs is 2. The van der Waals surface area contributed by atoms with E-state index in [9.17, 15) is 0 Å². The third-order valence-corrected chi connectivity index (χ3v) is 8.03. The van der Waals surface area contributed by atoms with E-state index in [0.29, 0.717) is 0 Å². The van der Waals surface area contributed by atoms with E-state index in [4.69, 9.17) is 9.47 Å². The van der Waals surface area contributed by atoms with Crippen molar-refractivity contribution in [2.24, 2.45) is 0 Å². The monoisotopic (exact) mass is 498 g/mol. The van der Waals surface area contributed by atoms with Crippen LogP contribution in [-0.4, -0.2) is 36.2 Å². The van der Waals surface area contributed by atoms with E-state index >= 15 is 0 Å². The van der Waals surface area contributed by atoms with Crippen molar-refractivity contribution in [3.8, 4) is 11.5 Å². The molecule has 0 aliphatic heterocycles. The standard InChI is InChI=1S/C30H42O2S2/c1-6-33-20-12-10-18-31-28-24-14-8-9-15-25(24)29(32-19-11-13-21-34-7-2)27-22-23(30(3,4)5)16-17-26(27)28/h8-9,14-17,22H,6-7,10-13,18-21H2,1-5H3. The lowest BCUT2D eigenvalue weighted by Gasteiger charge is -2.22. The number of benzene rings is 3. The summed E-state index contributed by atoms with van der Waals surface area (Å²) in [5.41, 5.74) is 1.40. The molecule has 186 valence electrons. The van der Waals surface area contributed by atoms with Crippen LogP contribution in [0.3, 0.4) is 0 Å². The minimum Gasteiger partial charge on any atom is -0.492 e. The molecule has 2 nitrogen and oxygen atoms in total. The Morgan fingerprint density at radius 2 is 1.15 bits per heavy atom. The number of ether oxygens (including phenoxy) is 2. The van der Waals surface area contributed by atoms with Gasteiger partial charge in [0.15, 0.2) is 0 Å². The van der Waals surface area contributed by atoms with Crippen LogP contribution in [0, 0.1) is 0 Å². The summed E-state index contributed by atoms with van der Waals surface area (Å²) in [4.78, 5) is 0. The van der Waals surface area contributed by atoms with E-state index in [-0.39, 0.29) is 5.41 Å². The number of rotatable bonds is 14. The second kappa shape index (κ2) is 13.5. The molecule has 4 heteroatoms. The lowest BCUT2D eigenvalue weighted by atomic mass is 9.85. The Balaban J connectivity index is 1.97. The van der Waals surface area contributed by atoms with Gasteiger partial charge in [-0.1, -0.05) is 71.0 Å². The molecule has 3 aromatic rings. The fourth-order valence-electron chi connectivity index (χ4n) is 4.13. The van der Waals surface area contributed by atoms with Crippen molar-refractivity contribution >= 4 is 45.1 Å². The normalized spacial score (nSPS) is 11.9. The first-order chi connectivity index (χ1) is 16.5. The molecule has 0 aliphatic rings. The van der Waals surface area contributed by atoms with Gasteiger partial charge in [0.05, 0.1) is 13.2 Å². The van der Waals surface area contributed by atoms with E-state index in [0.717, 1.165) is 53.7 Å². The quantitative estimate of drug-likeness (QED) is 0.163. The summed E-state index contributed by atoms with van der Waals surface area (Å²) in [6, 6.07) is 15.4. The molecule has 0 spiro atoms. The maximum Gasteiger partial charge on any atom is 0.135 e. The van der Waals surface area contributed by atoms with Crippen LogP contribution in [-0.2, 0) is 5.41 Å². The van der Waals surface area contributed by atoms with Crippen molar-refractivity contribution < 1.29 is 9.47 Å². The lowest BCUT2D eigenvalue weighted by Crippen LogP contribution is -2.11. The maximum absolute atomic E-state index is 6.54. The number of thioether (sulfide) groups is 2. The van der Waals surface area contributed by atoms with Crippen LogP contribution in [0.4, 0.5) is 0 Å². The maximum atomic E-state index is 6.54. The van der Waals surface area contributed by atoms with E-state index in [2.05, 4.69) is 77.1 Å². The average molecular weight is 499 g/mol. The largest absolute Gasteiger partial charge is 0.492 e. The van der Waals surface area contributed by atoms with Gasteiger partial charge in [-0.3, -0.25) is 0 Å². The van der Waals surface area contributed by atoms with Crippen LogP contribution >= 0.6 is 23.5 Å². The van der Waals surface area contributed by atoms with Crippen LogP contribution in [0.2, 0.25) is 0 Å². The highest BCUT2D eigenvalue weighted by atomic mass is 32.2. The SMILES string of the molecule is CCSCCCCOc1c2ccccc2c(OCCCCSCC)c2cc(C(C)(C)C)ccc12. The fraction of sp³-hybridized carbons (Fsp3) is 0.533. The highest BCUT2D eigenvalue weighted by molar-refractivity contribution is 7.99. The zero-order valence-electron chi connectivity index (χ0n) is 21.7. The molecule has 0 unspecified atom stereocenters. The van der Waals surface area contributed by atoms with Gasteiger partial charge >= 0.3 is 0 Å². The molecule has 0 saturated heterocycles. The van der Waals surface area contributed by atoms with E-state index in [1.807, 2.05) is 23.5 Å². The van der Waals surface area contributed by atoms with Crippen molar-refractivity contribution in [2.75, 3.05) is 36.2 Å². The predicted molar refractivity (Wildman–Crippen MR) is 156 cm³/mol. The molecule has 0 saturated carbocycles. The summed E-state index contributed by atoms with van der Waals surface area (Å²) < 4.78 is 13.0. The van der Waals surface area contributed by atoms with Crippen molar-refractivity contribution in [2.45, 2.75) is 65.7 Å². The van der Waals surface area contributed by atoms with E-state index in [1.165, 1.54) is 46.8 Å². The molecule has 0 radical (unpaired) electrons. The van der Waals surface area contributed by atoms with Crippen molar-refractivity contribution in [1.29, 1.82) is 0 Å². The zero-order valence-corrected chi connectivity index (χ0v) is 23.4. The summed E-state index contributed by atoms with van der Waals surface area (Å²) in [7, 11) is 0. The molecule has 3 rings (SSSR count). The van der Waals surface area contributed by atoms with Gasteiger partial charge in [-0.15, -0.1) is 0 Å². The summed E-state index contributed by atoms with van der Waals surface area (Å²) in [5.74, 6) is 6.79. The van der Waals surface area contributed by atoms with Crippen LogP contribution < -0.4 is 9.47 Å². The molecule has 34 heavy (non-hydrogen) atoms. The third-order valence-electron chi connectivity index (χ3n) is 6.06. The van der Waals surface area contributed by atoms with Gasteiger partial charge in [-0.2, -0.15) is 23.5 Å². The number of hydrogen-bond acceptors (Lipinski definition) is 4. The predicted octanol–water partition coefficient (Wildman–Crippen LogP) is 9.11. The molecule has 0 bridgehead atoms. The van der Waals surface area contributed by atoms with E-state index < -0.39 is 0 Å². The van der Waals surface area contributed by atoms with Gasteiger partial charge in [0.2, 0.25) is 0 Å². The van der Waals surface area contributed by atoms with Gasteiger partial charge < -0.3 is 9.47 Å². The van der Waals surface area contributed by atoms with Crippen LogP contribution in [0.25, 0.3) is 21.5 Å². The van der Waals surface area contributed by atoms with Gasteiger partial charge in [0.1, 0.15) is 11.5 Å². The minimum atomic E-state index is 0.0758. The van der Waals surface area contributed by atoms with Gasteiger partial charge in [-0.05, 0) is 65.7 Å². The Labute approximate surface area is 215 Å². The highest BCUT2D eigenvalue weighted by Gasteiger charge is 2.20. The second-order valence-electron chi connectivity index (χ2n) is 9.72. The lowest BCUT2D eigenvalue weighted by molar-refractivity contribution is 0.312. The Morgan fingerprint density at radius 3 is 1.65 bits per heavy atom. The third kappa shape index (κ3) is 7.24. The Kier molecular flexibility index (Phi) is 10.8. The summed E-state index contributed by atoms with van der Waals surface area (Å²) >= 11 is 4.01. The first-order valence-corrected chi connectivity index (χ1v) is 15.2. The first kappa shape index (κ1) is 27.1. The van der Waals surface area contributed by atoms with Crippen LogP contribution in [0.15, 0.2) is 42.5 Å². The highest BCUT2D eigenvalue weighted by Crippen LogP contribution is 2.44. The second-order valence-corrected chi connectivity index (χ2v) is 12.5. The summed E-state index contributed by atoms with van der Waals surface area (Å²) in [6.07, 6.45) is 4.55. The van der Waals surface area contributed by atoms with E-state index in [1.54, 1.807) is 0 Å². The van der Waals surface area contributed by atoms with Crippen molar-refractivity contribution in [3.05, 3.63) is 48.0 Å². The van der Waals surface area contributed by atoms with Crippen molar-refractivity contribution in [3.63, 3.8) is 0 Å². The molecule has 3 aromatic carbocycles. The fourth-order valence-corrected chi connectivity index (χ4v) is 5.52. The number of hydrogen-bond donors (Lipinski definition) is 0. The zero-order chi connectivity index (χ0) is 24.4. The first-order valence-electron chi connectivity index (χ1n) is 12.9. The van der Waals surface area contributed by atoms with Gasteiger partial charge in [0.25, 0.3) is 0 Å². The number of unbranched alkanes of at least 4 members (excludes halogenated alkanes) is 2. The van der Waals surface area contributed by atoms with Crippen molar-refractivity contribution in [1.82, 2.24) is 0 Å². The van der Waals surface area contributed by atoms with Crippen LogP contribution in [0.5, 0.6) is 11.5 Å². The molecule has 0 atom stereocenters. The molecule has 0 amide bonds. The topological polar surface area (TPSA) is 18.5 Å². The summed E-state index contributed by atoms with van der Waals surface area (Å²) in [5, 5.41) is 4.63. The Hall–Kier alpha value is -1.52. The molecule has 0 aromatic heterocycles. The Bertz CT molecular complexity index is 1040. The molecule has 0 heterocycles. The minimum absolute atomic E-state index is 0.0758.